The summed E-state index contributed by atoms with van der Waals surface area (Å²) < 4.78 is 11.1. The molecule has 0 saturated carbocycles. The molecule has 0 heterocycles. The Hall–Kier alpha value is 0.460. The van der Waals surface area contributed by atoms with Crippen molar-refractivity contribution in [1.29, 1.82) is 0 Å². The molecular formula is C10H23O4PS. The highest BCUT2D eigenvalue weighted by Gasteiger charge is 2.26. The maximum atomic E-state index is 11.1. The lowest BCUT2D eigenvalue weighted by Crippen LogP contribution is -2.08. The van der Waals surface area contributed by atoms with E-state index < -0.39 is 13.3 Å². The predicted octanol–water partition coefficient (Wildman–Crippen LogP) is 2.23. The molecule has 0 amide bonds. The summed E-state index contributed by atoms with van der Waals surface area (Å²) in [5.74, 6) is 1.84. The van der Waals surface area contributed by atoms with E-state index >= 15 is 0 Å². The van der Waals surface area contributed by atoms with Crippen molar-refractivity contribution in [2.75, 3.05) is 18.1 Å². The molecule has 0 fully saturated rings. The van der Waals surface area contributed by atoms with Gasteiger partial charge in [0, 0.05) is 6.61 Å². The molecule has 0 radical (unpaired) electrons. The lowest BCUT2D eigenvalue weighted by atomic mass is 10.1. The SMILES string of the molecule is CCCC(CCCSCCCO)P(=O)(O)O. The maximum absolute atomic E-state index is 11.1. The van der Waals surface area contributed by atoms with E-state index in [1.807, 2.05) is 6.92 Å². The largest absolute Gasteiger partial charge is 0.396 e. The predicted molar refractivity (Wildman–Crippen MR) is 69.0 cm³/mol. The summed E-state index contributed by atoms with van der Waals surface area (Å²) >= 11 is 1.74. The van der Waals surface area contributed by atoms with Crippen LogP contribution in [-0.4, -0.2) is 38.7 Å². The van der Waals surface area contributed by atoms with Crippen LogP contribution in [0.25, 0.3) is 0 Å². The number of thioether (sulfide) groups is 1. The third kappa shape index (κ3) is 8.59. The first-order chi connectivity index (χ1) is 7.52. The summed E-state index contributed by atoms with van der Waals surface area (Å²) in [6, 6.07) is 0. The van der Waals surface area contributed by atoms with Crippen LogP contribution in [0.2, 0.25) is 0 Å². The first-order valence-corrected chi connectivity index (χ1v) is 8.59. The topological polar surface area (TPSA) is 77.8 Å². The Labute approximate surface area is 102 Å². The Balaban J connectivity index is 3.65. The molecule has 0 aromatic heterocycles. The normalized spacial score (nSPS) is 14.0. The Morgan fingerprint density at radius 1 is 1.19 bits per heavy atom. The molecular weight excluding hydrogens is 247 g/mol. The molecule has 0 aliphatic heterocycles. The van der Waals surface area contributed by atoms with E-state index in [9.17, 15) is 4.57 Å². The van der Waals surface area contributed by atoms with Crippen LogP contribution < -0.4 is 0 Å². The lowest BCUT2D eigenvalue weighted by molar-refractivity contribution is 0.296. The van der Waals surface area contributed by atoms with Crippen LogP contribution in [0.5, 0.6) is 0 Å². The molecule has 6 heteroatoms. The van der Waals surface area contributed by atoms with Crippen molar-refractivity contribution in [2.45, 2.75) is 44.7 Å². The molecule has 3 N–H and O–H groups in total. The molecule has 0 aromatic rings. The third-order valence-electron chi connectivity index (χ3n) is 2.37. The van der Waals surface area contributed by atoms with Crippen molar-refractivity contribution in [3.05, 3.63) is 0 Å². The van der Waals surface area contributed by atoms with Gasteiger partial charge in [-0.15, -0.1) is 0 Å². The second kappa shape index (κ2) is 9.49. The van der Waals surface area contributed by atoms with E-state index in [0.717, 1.165) is 30.8 Å². The van der Waals surface area contributed by atoms with Gasteiger partial charge in [0.2, 0.25) is 0 Å². The van der Waals surface area contributed by atoms with Gasteiger partial charge in [-0.25, -0.2) is 0 Å². The molecule has 98 valence electrons. The van der Waals surface area contributed by atoms with Gasteiger partial charge in [-0.1, -0.05) is 13.3 Å². The average Bonchev–Trinajstić information content (AvgIpc) is 2.20. The van der Waals surface area contributed by atoms with Crippen molar-refractivity contribution in [2.24, 2.45) is 0 Å². The minimum atomic E-state index is -3.90. The third-order valence-corrected chi connectivity index (χ3v) is 4.99. The van der Waals surface area contributed by atoms with Crippen LogP contribution in [0.15, 0.2) is 0 Å². The molecule has 0 bridgehead atoms. The average molecular weight is 270 g/mol. The minimum absolute atomic E-state index is 0.216. The molecule has 0 rings (SSSR count). The first kappa shape index (κ1) is 16.5. The van der Waals surface area contributed by atoms with Gasteiger partial charge in [-0.05, 0) is 37.2 Å². The molecule has 0 aromatic carbocycles. The Kier molecular flexibility index (Phi) is 9.76. The highest BCUT2D eigenvalue weighted by atomic mass is 32.2. The smallest absolute Gasteiger partial charge is 0.328 e. The standard InChI is InChI=1S/C10H23O4PS/c1-2-5-10(15(12,13)14)6-3-8-16-9-4-7-11/h10-11H,2-9H2,1H3,(H2,12,13,14). The van der Waals surface area contributed by atoms with Gasteiger partial charge in [0.15, 0.2) is 0 Å². The molecule has 1 atom stereocenters. The number of hydrogen-bond acceptors (Lipinski definition) is 3. The monoisotopic (exact) mass is 270 g/mol. The van der Waals surface area contributed by atoms with E-state index in [-0.39, 0.29) is 6.61 Å². The van der Waals surface area contributed by atoms with Crippen LogP contribution in [0, 0.1) is 0 Å². The fourth-order valence-corrected chi connectivity index (χ4v) is 3.53. The molecule has 0 aliphatic rings. The van der Waals surface area contributed by atoms with Crippen LogP contribution in [0.3, 0.4) is 0 Å². The van der Waals surface area contributed by atoms with Gasteiger partial charge in [-0.2, -0.15) is 11.8 Å². The molecule has 16 heavy (non-hydrogen) atoms. The van der Waals surface area contributed by atoms with Crippen molar-refractivity contribution >= 4 is 19.4 Å². The number of rotatable bonds is 10. The van der Waals surface area contributed by atoms with E-state index in [1.54, 1.807) is 11.8 Å². The van der Waals surface area contributed by atoms with Crippen LogP contribution in [-0.2, 0) is 4.57 Å². The zero-order valence-electron chi connectivity index (χ0n) is 9.84. The fourth-order valence-electron chi connectivity index (χ4n) is 1.50. The summed E-state index contributed by atoms with van der Waals surface area (Å²) in [5.41, 5.74) is -0.462. The zero-order chi connectivity index (χ0) is 12.4. The van der Waals surface area contributed by atoms with Crippen molar-refractivity contribution in [1.82, 2.24) is 0 Å². The van der Waals surface area contributed by atoms with Gasteiger partial charge < -0.3 is 14.9 Å². The van der Waals surface area contributed by atoms with Crippen molar-refractivity contribution in [3.8, 4) is 0 Å². The summed E-state index contributed by atoms with van der Waals surface area (Å²) in [5, 5.41) is 8.57. The van der Waals surface area contributed by atoms with Gasteiger partial charge in [-0.3, -0.25) is 4.57 Å². The van der Waals surface area contributed by atoms with E-state index in [2.05, 4.69) is 0 Å². The van der Waals surface area contributed by atoms with Crippen LogP contribution in [0.1, 0.15) is 39.0 Å². The Bertz CT molecular complexity index is 207. The second-order valence-corrected chi connectivity index (χ2v) is 7.00. The summed E-state index contributed by atoms with van der Waals surface area (Å²) in [7, 11) is -3.90. The molecule has 0 spiro atoms. The molecule has 0 aliphatic carbocycles. The van der Waals surface area contributed by atoms with E-state index in [4.69, 9.17) is 14.9 Å². The van der Waals surface area contributed by atoms with Gasteiger partial charge in [0.25, 0.3) is 0 Å². The quantitative estimate of drug-likeness (QED) is 0.419. The molecule has 1 unspecified atom stereocenters. The van der Waals surface area contributed by atoms with Crippen molar-refractivity contribution in [3.63, 3.8) is 0 Å². The van der Waals surface area contributed by atoms with Crippen LogP contribution in [0.4, 0.5) is 0 Å². The highest BCUT2D eigenvalue weighted by molar-refractivity contribution is 7.99. The highest BCUT2D eigenvalue weighted by Crippen LogP contribution is 2.45. The van der Waals surface area contributed by atoms with E-state index in [1.165, 1.54) is 0 Å². The zero-order valence-corrected chi connectivity index (χ0v) is 11.6. The summed E-state index contributed by atoms with van der Waals surface area (Å²) in [6.45, 7) is 2.16. The number of hydrogen-bond donors (Lipinski definition) is 3. The van der Waals surface area contributed by atoms with Crippen LogP contribution >= 0.6 is 19.4 Å². The lowest BCUT2D eigenvalue weighted by Gasteiger charge is -2.17. The Morgan fingerprint density at radius 3 is 2.31 bits per heavy atom. The van der Waals surface area contributed by atoms with E-state index in [0.29, 0.717) is 12.8 Å². The number of aliphatic hydroxyl groups excluding tert-OH is 1. The van der Waals surface area contributed by atoms with Gasteiger partial charge in [0.1, 0.15) is 0 Å². The minimum Gasteiger partial charge on any atom is -0.396 e. The summed E-state index contributed by atoms with van der Waals surface area (Å²) in [6.07, 6.45) is 3.65. The molecule has 4 nitrogen and oxygen atoms in total. The molecule has 0 saturated heterocycles. The van der Waals surface area contributed by atoms with Gasteiger partial charge >= 0.3 is 7.60 Å². The summed E-state index contributed by atoms with van der Waals surface area (Å²) in [4.78, 5) is 18.2. The van der Waals surface area contributed by atoms with Crippen molar-refractivity contribution < 1.29 is 19.5 Å². The maximum Gasteiger partial charge on any atom is 0.328 e. The fraction of sp³-hybridized carbons (Fsp3) is 1.00. The Morgan fingerprint density at radius 2 is 1.81 bits per heavy atom. The second-order valence-electron chi connectivity index (χ2n) is 3.86. The first-order valence-electron chi connectivity index (χ1n) is 5.76. The number of aliphatic hydroxyl groups is 1. The van der Waals surface area contributed by atoms with Gasteiger partial charge in [0.05, 0.1) is 5.66 Å².